The monoisotopic (exact) mass is 317 g/mol. The van der Waals surface area contributed by atoms with E-state index in [0.717, 1.165) is 16.8 Å². The molecule has 1 amide bonds. The van der Waals surface area contributed by atoms with E-state index in [2.05, 4.69) is 5.32 Å². The van der Waals surface area contributed by atoms with Gasteiger partial charge in [0.1, 0.15) is 0 Å². The van der Waals surface area contributed by atoms with Crippen LogP contribution in [0.4, 0.5) is 5.69 Å². The first kappa shape index (κ1) is 16.2. The number of carbonyl (C=O) groups excluding carboxylic acids is 1. The van der Waals surface area contributed by atoms with E-state index in [4.69, 9.17) is 0 Å². The summed E-state index contributed by atoms with van der Waals surface area (Å²) in [6.07, 6.45) is -0.0645. The van der Waals surface area contributed by atoms with Crippen molar-refractivity contribution < 1.29 is 13.2 Å². The average molecular weight is 317 g/mol. The highest BCUT2D eigenvalue weighted by molar-refractivity contribution is 7.91. The van der Waals surface area contributed by atoms with E-state index in [-0.39, 0.29) is 23.0 Å². The lowest BCUT2D eigenvalue weighted by Gasteiger charge is -2.11. The molecule has 2 aromatic rings. The lowest BCUT2D eigenvalue weighted by molar-refractivity contribution is -0.115. The van der Waals surface area contributed by atoms with Crippen LogP contribution in [0.15, 0.2) is 53.4 Å². The summed E-state index contributed by atoms with van der Waals surface area (Å²) >= 11 is 0. The number of rotatable bonds is 5. The molecule has 22 heavy (non-hydrogen) atoms. The lowest BCUT2D eigenvalue weighted by atomic mass is 10.1. The minimum atomic E-state index is -3.43. The van der Waals surface area contributed by atoms with Crippen LogP contribution in [0.1, 0.15) is 17.5 Å². The molecule has 0 saturated carbocycles. The first-order chi connectivity index (χ1) is 10.4. The van der Waals surface area contributed by atoms with Crippen LogP contribution in [-0.4, -0.2) is 20.1 Å². The zero-order valence-corrected chi connectivity index (χ0v) is 13.5. The van der Waals surface area contributed by atoms with E-state index in [1.165, 1.54) is 0 Å². The van der Waals surface area contributed by atoms with Gasteiger partial charge in [0.2, 0.25) is 5.91 Å². The maximum absolute atomic E-state index is 12.1. The topological polar surface area (TPSA) is 63.2 Å². The third kappa shape index (κ3) is 3.95. The standard InChI is InChI=1S/C17H19NO3S/c1-13-7-6-8-14(2)17(13)18-16(19)11-12-22(20,21)15-9-4-3-5-10-15/h3-10H,11-12H2,1-2H3,(H,18,19). The van der Waals surface area contributed by atoms with Gasteiger partial charge in [-0.15, -0.1) is 0 Å². The Balaban J connectivity index is 2.02. The molecule has 2 rings (SSSR count). The van der Waals surface area contributed by atoms with Gasteiger partial charge in [-0.05, 0) is 37.1 Å². The molecule has 0 atom stereocenters. The molecule has 0 aromatic heterocycles. The molecule has 0 aliphatic rings. The van der Waals surface area contributed by atoms with Gasteiger partial charge >= 0.3 is 0 Å². The SMILES string of the molecule is Cc1cccc(C)c1NC(=O)CCS(=O)(=O)c1ccccc1. The zero-order valence-electron chi connectivity index (χ0n) is 12.7. The van der Waals surface area contributed by atoms with Crippen molar-refractivity contribution in [2.75, 3.05) is 11.1 Å². The average Bonchev–Trinajstić information content (AvgIpc) is 2.50. The van der Waals surface area contributed by atoms with Crippen LogP contribution in [0.5, 0.6) is 0 Å². The Hall–Kier alpha value is -2.14. The molecule has 116 valence electrons. The van der Waals surface area contributed by atoms with Crippen LogP contribution in [0, 0.1) is 13.8 Å². The van der Waals surface area contributed by atoms with E-state index >= 15 is 0 Å². The van der Waals surface area contributed by atoms with Gasteiger partial charge in [-0.3, -0.25) is 4.79 Å². The van der Waals surface area contributed by atoms with Crippen molar-refractivity contribution in [3.8, 4) is 0 Å². The molecule has 0 aliphatic heterocycles. The fourth-order valence-electron chi connectivity index (χ4n) is 2.19. The van der Waals surface area contributed by atoms with Gasteiger partial charge in [0, 0.05) is 12.1 Å². The molecule has 0 unspecified atom stereocenters. The van der Waals surface area contributed by atoms with E-state index in [1.807, 2.05) is 32.0 Å². The third-order valence-corrected chi connectivity index (χ3v) is 5.18. The molecule has 0 radical (unpaired) electrons. The molecule has 0 aliphatic carbocycles. The normalized spacial score (nSPS) is 11.2. The first-order valence-corrected chi connectivity index (χ1v) is 8.69. The van der Waals surface area contributed by atoms with Crippen LogP contribution in [0.25, 0.3) is 0 Å². The van der Waals surface area contributed by atoms with Gasteiger partial charge in [-0.1, -0.05) is 36.4 Å². The lowest BCUT2D eigenvalue weighted by Crippen LogP contribution is -2.18. The second-order valence-corrected chi connectivity index (χ2v) is 7.31. The summed E-state index contributed by atoms with van der Waals surface area (Å²) in [5, 5.41) is 2.80. The fraction of sp³-hybridized carbons (Fsp3) is 0.235. The van der Waals surface area contributed by atoms with Gasteiger partial charge < -0.3 is 5.32 Å². The molecule has 5 heteroatoms. The molecular formula is C17H19NO3S. The quantitative estimate of drug-likeness (QED) is 0.921. The van der Waals surface area contributed by atoms with Crippen LogP contribution >= 0.6 is 0 Å². The molecule has 0 saturated heterocycles. The maximum Gasteiger partial charge on any atom is 0.225 e. The van der Waals surface area contributed by atoms with Gasteiger partial charge in [0.25, 0.3) is 0 Å². The highest BCUT2D eigenvalue weighted by Gasteiger charge is 2.16. The highest BCUT2D eigenvalue weighted by Crippen LogP contribution is 2.20. The number of amides is 1. The van der Waals surface area contributed by atoms with Gasteiger partial charge in [-0.2, -0.15) is 0 Å². The fourth-order valence-corrected chi connectivity index (χ4v) is 3.45. The van der Waals surface area contributed by atoms with E-state index in [0.29, 0.717) is 0 Å². The van der Waals surface area contributed by atoms with Gasteiger partial charge in [0.05, 0.1) is 10.6 Å². The van der Waals surface area contributed by atoms with Crippen molar-refractivity contribution in [2.45, 2.75) is 25.2 Å². The molecule has 0 heterocycles. The summed E-state index contributed by atoms with van der Waals surface area (Å²) in [6, 6.07) is 13.9. The minimum absolute atomic E-state index is 0.0645. The number of carbonyl (C=O) groups is 1. The predicted molar refractivity (Wildman–Crippen MR) is 87.7 cm³/mol. The Bertz CT molecular complexity index is 747. The molecular weight excluding hydrogens is 298 g/mol. The van der Waals surface area contributed by atoms with Crippen molar-refractivity contribution in [1.29, 1.82) is 0 Å². The minimum Gasteiger partial charge on any atom is -0.326 e. The molecule has 4 nitrogen and oxygen atoms in total. The van der Waals surface area contributed by atoms with E-state index < -0.39 is 9.84 Å². The molecule has 0 fully saturated rings. The second-order valence-electron chi connectivity index (χ2n) is 5.20. The van der Waals surface area contributed by atoms with Crippen LogP contribution in [0.3, 0.4) is 0 Å². The number of benzene rings is 2. The largest absolute Gasteiger partial charge is 0.326 e. The van der Waals surface area contributed by atoms with Crippen molar-refractivity contribution in [3.05, 3.63) is 59.7 Å². The molecule has 2 aromatic carbocycles. The zero-order chi connectivity index (χ0) is 16.2. The maximum atomic E-state index is 12.1. The summed E-state index contributed by atoms with van der Waals surface area (Å²) in [6.45, 7) is 3.81. The van der Waals surface area contributed by atoms with Crippen molar-refractivity contribution in [3.63, 3.8) is 0 Å². The van der Waals surface area contributed by atoms with Gasteiger partial charge in [-0.25, -0.2) is 8.42 Å². The number of hydrogen-bond donors (Lipinski definition) is 1. The summed E-state index contributed by atoms with van der Waals surface area (Å²) in [5.74, 6) is -0.495. The van der Waals surface area contributed by atoms with Gasteiger partial charge in [0.15, 0.2) is 9.84 Å². The number of sulfone groups is 1. The Morgan fingerprint density at radius 1 is 0.955 bits per heavy atom. The highest BCUT2D eigenvalue weighted by atomic mass is 32.2. The van der Waals surface area contributed by atoms with E-state index in [1.54, 1.807) is 30.3 Å². The van der Waals surface area contributed by atoms with Crippen LogP contribution in [-0.2, 0) is 14.6 Å². The summed E-state index contributed by atoms with van der Waals surface area (Å²) < 4.78 is 24.3. The molecule has 1 N–H and O–H groups in total. The summed E-state index contributed by atoms with van der Waals surface area (Å²) in [7, 11) is -3.43. The number of nitrogens with one attached hydrogen (secondary N) is 1. The number of hydrogen-bond acceptors (Lipinski definition) is 3. The number of aryl methyl sites for hydroxylation is 2. The van der Waals surface area contributed by atoms with Crippen LogP contribution in [0.2, 0.25) is 0 Å². The van der Waals surface area contributed by atoms with Crippen molar-refractivity contribution in [1.82, 2.24) is 0 Å². The Morgan fingerprint density at radius 2 is 1.55 bits per heavy atom. The summed E-state index contributed by atoms with van der Waals surface area (Å²) in [4.78, 5) is 12.3. The third-order valence-electron chi connectivity index (χ3n) is 3.45. The Kier molecular flexibility index (Phi) is 4.98. The first-order valence-electron chi connectivity index (χ1n) is 7.04. The van der Waals surface area contributed by atoms with Crippen molar-refractivity contribution >= 4 is 21.4 Å². The molecule has 0 spiro atoms. The smallest absolute Gasteiger partial charge is 0.225 e. The Labute approximate surface area is 131 Å². The second kappa shape index (κ2) is 6.75. The number of para-hydroxylation sites is 1. The Morgan fingerprint density at radius 3 is 2.14 bits per heavy atom. The van der Waals surface area contributed by atoms with Crippen molar-refractivity contribution in [2.24, 2.45) is 0 Å². The summed E-state index contributed by atoms with van der Waals surface area (Å²) in [5.41, 5.74) is 2.67. The van der Waals surface area contributed by atoms with Crippen LogP contribution < -0.4 is 5.32 Å². The molecule has 0 bridgehead atoms. The van der Waals surface area contributed by atoms with E-state index in [9.17, 15) is 13.2 Å². The predicted octanol–water partition coefficient (Wildman–Crippen LogP) is 3.11. The number of anilines is 1.